The van der Waals surface area contributed by atoms with E-state index in [2.05, 4.69) is 5.32 Å². The molecular formula is C11H14N2O5. The lowest BCUT2D eigenvalue weighted by Gasteiger charge is -2.16. The summed E-state index contributed by atoms with van der Waals surface area (Å²) in [5.74, 6) is -2.01. The van der Waals surface area contributed by atoms with Crippen LogP contribution in [0.5, 0.6) is 0 Å². The summed E-state index contributed by atoms with van der Waals surface area (Å²) in [7, 11) is 1.43. The normalized spacial score (nSPS) is 11.7. The molecule has 98 valence electrons. The molecule has 0 fully saturated rings. The average molecular weight is 254 g/mol. The van der Waals surface area contributed by atoms with E-state index in [9.17, 15) is 14.4 Å². The van der Waals surface area contributed by atoms with E-state index in [1.54, 1.807) is 6.07 Å². The standard InChI is InChI=1S/C11H14N2O5/c1-7(11(16)17)12-9(14)6-13(2)10(15)8-4-3-5-18-8/h3-5,7H,6H2,1-2H3,(H,12,14)(H,16,17)/t7-/m0/s1. The molecule has 2 N–H and O–H groups in total. The molecule has 0 aromatic carbocycles. The summed E-state index contributed by atoms with van der Waals surface area (Å²) in [4.78, 5) is 34.8. The minimum Gasteiger partial charge on any atom is -0.480 e. The summed E-state index contributed by atoms with van der Waals surface area (Å²) in [6.45, 7) is 1.10. The van der Waals surface area contributed by atoms with Crippen LogP contribution in [0.25, 0.3) is 0 Å². The number of carboxylic acid groups (broad SMARTS) is 1. The van der Waals surface area contributed by atoms with Gasteiger partial charge in [0.15, 0.2) is 5.76 Å². The number of rotatable bonds is 5. The van der Waals surface area contributed by atoms with Gasteiger partial charge in [0, 0.05) is 7.05 Å². The van der Waals surface area contributed by atoms with Crippen molar-refractivity contribution in [3.63, 3.8) is 0 Å². The largest absolute Gasteiger partial charge is 0.480 e. The Morgan fingerprint density at radius 1 is 1.50 bits per heavy atom. The van der Waals surface area contributed by atoms with E-state index < -0.39 is 23.8 Å². The lowest BCUT2D eigenvalue weighted by Crippen LogP contribution is -2.44. The topological polar surface area (TPSA) is 99.9 Å². The molecule has 1 atom stereocenters. The zero-order valence-corrected chi connectivity index (χ0v) is 10.0. The fourth-order valence-corrected chi connectivity index (χ4v) is 1.22. The van der Waals surface area contributed by atoms with Crippen molar-refractivity contribution >= 4 is 17.8 Å². The lowest BCUT2D eigenvalue weighted by molar-refractivity contribution is -0.141. The maximum Gasteiger partial charge on any atom is 0.325 e. The Morgan fingerprint density at radius 3 is 2.67 bits per heavy atom. The van der Waals surface area contributed by atoms with Gasteiger partial charge in [0.1, 0.15) is 6.04 Å². The van der Waals surface area contributed by atoms with E-state index >= 15 is 0 Å². The number of nitrogens with one attached hydrogen (secondary N) is 1. The van der Waals surface area contributed by atoms with Crippen LogP contribution in [0.4, 0.5) is 0 Å². The van der Waals surface area contributed by atoms with Crippen molar-refractivity contribution in [2.45, 2.75) is 13.0 Å². The fourth-order valence-electron chi connectivity index (χ4n) is 1.22. The highest BCUT2D eigenvalue weighted by Gasteiger charge is 2.19. The van der Waals surface area contributed by atoms with Crippen LogP contribution >= 0.6 is 0 Å². The number of carboxylic acids is 1. The molecule has 2 amide bonds. The van der Waals surface area contributed by atoms with Gasteiger partial charge in [-0.2, -0.15) is 0 Å². The first-order valence-corrected chi connectivity index (χ1v) is 5.23. The Labute approximate surface area is 103 Å². The number of hydrogen-bond donors (Lipinski definition) is 2. The van der Waals surface area contributed by atoms with Gasteiger partial charge in [-0.1, -0.05) is 0 Å². The van der Waals surface area contributed by atoms with Gasteiger partial charge in [-0.3, -0.25) is 14.4 Å². The van der Waals surface area contributed by atoms with Crippen molar-refractivity contribution in [2.75, 3.05) is 13.6 Å². The molecule has 0 spiro atoms. The predicted molar refractivity (Wildman–Crippen MR) is 60.9 cm³/mol. The zero-order valence-electron chi connectivity index (χ0n) is 10.0. The third-order valence-corrected chi connectivity index (χ3v) is 2.21. The summed E-state index contributed by atoms with van der Waals surface area (Å²) in [5, 5.41) is 10.9. The van der Waals surface area contributed by atoms with E-state index in [4.69, 9.17) is 9.52 Å². The first-order valence-electron chi connectivity index (χ1n) is 5.23. The van der Waals surface area contributed by atoms with Crippen LogP contribution in [0.15, 0.2) is 22.8 Å². The van der Waals surface area contributed by atoms with Crippen molar-refractivity contribution in [3.05, 3.63) is 24.2 Å². The fraction of sp³-hybridized carbons (Fsp3) is 0.364. The highest BCUT2D eigenvalue weighted by atomic mass is 16.4. The molecule has 0 radical (unpaired) electrons. The summed E-state index contributed by atoms with van der Waals surface area (Å²) < 4.78 is 4.90. The second kappa shape index (κ2) is 5.85. The average Bonchev–Trinajstić information content (AvgIpc) is 2.80. The van der Waals surface area contributed by atoms with Crippen LogP contribution < -0.4 is 5.32 Å². The molecule has 1 rings (SSSR count). The van der Waals surface area contributed by atoms with E-state index in [1.807, 2.05) is 0 Å². The third-order valence-electron chi connectivity index (χ3n) is 2.21. The highest BCUT2D eigenvalue weighted by molar-refractivity contribution is 5.94. The highest BCUT2D eigenvalue weighted by Crippen LogP contribution is 2.03. The monoisotopic (exact) mass is 254 g/mol. The second-order valence-corrected chi connectivity index (χ2v) is 3.77. The van der Waals surface area contributed by atoms with Crippen LogP contribution in [-0.2, 0) is 9.59 Å². The quantitative estimate of drug-likeness (QED) is 0.766. The molecule has 0 aliphatic heterocycles. The predicted octanol–water partition coefficient (Wildman–Crippen LogP) is -0.0591. The van der Waals surface area contributed by atoms with Gasteiger partial charge in [0.25, 0.3) is 5.91 Å². The van der Waals surface area contributed by atoms with Gasteiger partial charge >= 0.3 is 5.97 Å². The van der Waals surface area contributed by atoms with Crippen LogP contribution in [0.2, 0.25) is 0 Å². The molecule has 0 aliphatic rings. The Kier molecular flexibility index (Phi) is 4.47. The SMILES string of the molecule is C[C@H](NC(=O)CN(C)C(=O)c1ccco1)C(=O)O. The van der Waals surface area contributed by atoms with Gasteiger partial charge < -0.3 is 19.7 Å². The van der Waals surface area contributed by atoms with Gasteiger partial charge in [0.2, 0.25) is 5.91 Å². The zero-order chi connectivity index (χ0) is 13.7. The maximum atomic E-state index is 11.7. The summed E-state index contributed by atoms with van der Waals surface area (Å²) in [5.41, 5.74) is 0. The van der Waals surface area contributed by atoms with Gasteiger partial charge in [-0.05, 0) is 19.1 Å². The van der Waals surface area contributed by atoms with E-state index in [0.717, 1.165) is 4.90 Å². The third kappa shape index (κ3) is 3.62. The van der Waals surface area contributed by atoms with Gasteiger partial charge in [-0.15, -0.1) is 0 Å². The second-order valence-electron chi connectivity index (χ2n) is 3.77. The van der Waals surface area contributed by atoms with Crippen molar-refractivity contribution < 1.29 is 23.9 Å². The van der Waals surface area contributed by atoms with Crippen molar-refractivity contribution in [1.29, 1.82) is 0 Å². The van der Waals surface area contributed by atoms with E-state index in [0.29, 0.717) is 0 Å². The minimum atomic E-state index is -1.14. The number of amides is 2. The molecule has 18 heavy (non-hydrogen) atoms. The van der Waals surface area contributed by atoms with Crippen LogP contribution in [0.3, 0.4) is 0 Å². The summed E-state index contributed by atoms with van der Waals surface area (Å²) >= 11 is 0. The van der Waals surface area contributed by atoms with Crippen molar-refractivity contribution in [3.8, 4) is 0 Å². The number of carbonyl (C=O) groups excluding carboxylic acids is 2. The molecular weight excluding hydrogens is 240 g/mol. The molecule has 0 saturated carbocycles. The Morgan fingerprint density at radius 2 is 2.17 bits per heavy atom. The van der Waals surface area contributed by atoms with E-state index in [-0.39, 0.29) is 12.3 Å². The molecule has 7 heteroatoms. The Bertz CT molecular complexity index is 440. The number of carbonyl (C=O) groups is 3. The van der Waals surface area contributed by atoms with Crippen LogP contribution in [-0.4, -0.2) is 47.4 Å². The van der Waals surface area contributed by atoms with Crippen LogP contribution in [0, 0.1) is 0 Å². The Balaban J connectivity index is 2.50. The molecule has 1 heterocycles. The molecule has 0 saturated heterocycles. The first-order chi connectivity index (χ1) is 8.41. The molecule has 0 aliphatic carbocycles. The summed E-state index contributed by atoms with van der Waals surface area (Å²) in [6, 6.07) is 2.05. The summed E-state index contributed by atoms with van der Waals surface area (Å²) in [6.07, 6.45) is 1.35. The number of nitrogens with zero attached hydrogens (tertiary/aromatic N) is 1. The Hall–Kier alpha value is -2.31. The number of furan rings is 1. The molecule has 1 aromatic rings. The van der Waals surface area contributed by atoms with Crippen molar-refractivity contribution in [2.24, 2.45) is 0 Å². The molecule has 0 bridgehead atoms. The minimum absolute atomic E-state index is 0.122. The first kappa shape index (κ1) is 13.8. The smallest absolute Gasteiger partial charge is 0.325 e. The van der Waals surface area contributed by atoms with Crippen LogP contribution in [0.1, 0.15) is 17.5 Å². The van der Waals surface area contributed by atoms with Gasteiger partial charge in [0.05, 0.1) is 12.8 Å². The maximum absolute atomic E-state index is 11.7. The van der Waals surface area contributed by atoms with E-state index in [1.165, 1.54) is 26.3 Å². The lowest BCUT2D eigenvalue weighted by atomic mass is 10.3. The molecule has 0 unspecified atom stereocenters. The number of hydrogen-bond acceptors (Lipinski definition) is 4. The number of aliphatic carboxylic acids is 1. The number of likely N-dealkylation sites (N-methyl/N-ethyl adjacent to an activating group) is 1. The van der Waals surface area contributed by atoms with Crippen molar-refractivity contribution in [1.82, 2.24) is 10.2 Å². The van der Waals surface area contributed by atoms with Gasteiger partial charge in [-0.25, -0.2) is 0 Å². The molecule has 7 nitrogen and oxygen atoms in total. The molecule has 1 aromatic heterocycles.